The van der Waals surface area contributed by atoms with E-state index >= 15 is 0 Å². The Labute approximate surface area is 108 Å². The molecule has 0 aliphatic rings. The molecule has 1 amide bonds. The number of carbonyl (C=O) groups excluding carboxylic acids is 1. The predicted octanol–water partition coefficient (Wildman–Crippen LogP) is 0.801. The van der Waals surface area contributed by atoms with Crippen LogP contribution >= 0.6 is 0 Å². The minimum absolute atomic E-state index is 0.0303. The van der Waals surface area contributed by atoms with Crippen LogP contribution in [0.25, 0.3) is 0 Å². The van der Waals surface area contributed by atoms with E-state index in [9.17, 15) is 9.59 Å². The first-order valence-electron chi connectivity index (χ1n) is 6.22. The summed E-state index contributed by atoms with van der Waals surface area (Å²) < 4.78 is 10.1. The van der Waals surface area contributed by atoms with E-state index in [1.54, 1.807) is 7.11 Å². The van der Waals surface area contributed by atoms with E-state index in [0.29, 0.717) is 45.6 Å². The third kappa shape index (κ3) is 12.9. The third-order valence-corrected chi connectivity index (χ3v) is 2.26. The van der Waals surface area contributed by atoms with E-state index in [1.807, 2.05) is 0 Å². The maximum absolute atomic E-state index is 11.3. The molecule has 0 aliphatic heterocycles. The maximum atomic E-state index is 11.3. The van der Waals surface area contributed by atoms with Crippen LogP contribution in [-0.2, 0) is 19.1 Å². The van der Waals surface area contributed by atoms with Gasteiger partial charge in [-0.15, -0.1) is 0 Å². The van der Waals surface area contributed by atoms with E-state index < -0.39 is 5.97 Å². The highest BCUT2D eigenvalue weighted by Gasteiger charge is 2.02. The number of methoxy groups -OCH3 is 1. The Morgan fingerprint density at radius 3 is 2.44 bits per heavy atom. The van der Waals surface area contributed by atoms with Gasteiger partial charge in [0, 0.05) is 33.1 Å². The predicted molar refractivity (Wildman–Crippen MR) is 66.4 cm³/mol. The average Bonchev–Trinajstić information content (AvgIpc) is 2.33. The van der Waals surface area contributed by atoms with Crippen molar-refractivity contribution in [3.05, 3.63) is 0 Å². The van der Waals surface area contributed by atoms with Crippen LogP contribution < -0.4 is 5.32 Å². The standard InChI is InChI=1S/C12H23NO5/c1-17-9-10-18-8-4-7-13-11(14)5-2-3-6-12(15)16/h2-10H2,1H3,(H,13,14)(H,15,16). The highest BCUT2D eigenvalue weighted by Crippen LogP contribution is 1.99. The van der Waals surface area contributed by atoms with Crippen LogP contribution in [0.3, 0.4) is 0 Å². The second-order valence-corrected chi connectivity index (χ2v) is 3.91. The fourth-order valence-electron chi connectivity index (χ4n) is 1.30. The summed E-state index contributed by atoms with van der Waals surface area (Å²) in [6.07, 6.45) is 2.44. The molecule has 0 rings (SSSR count). The van der Waals surface area contributed by atoms with Gasteiger partial charge in [-0.25, -0.2) is 0 Å². The molecule has 0 fully saturated rings. The topological polar surface area (TPSA) is 84.9 Å². The van der Waals surface area contributed by atoms with E-state index in [-0.39, 0.29) is 12.3 Å². The van der Waals surface area contributed by atoms with Crippen molar-refractivity contribution in [3.63, 3.8) is 0 Å². The van der Waals surface area contributed by atoms with Crippen LogP contribution in [0, 0.1) is 0 Å². The second-order valence-electron chi connectivity index (χ2n) is 3.91. The monoisotopic (exact) mass is 261 g/mol. The van der Waals surface area contributed by atoms with E-state index in [1.165, 1.54) is 0 Å². The molecule has 0 saturated carbocycles. The molecule has 0 unspecified atom stereocenters. The largest absolute Gasteiger partial charge is 0.481 e. The summed E-state index contributed by atoms with van der Waals surface area (Å²) in [6, 6.07) is 0. The van der Waals surface area contributed by atoms with Gasteiger partial charge < -0.3 is 19.9 Å². The first kappa shape index (κ1) is 16.9. The van der Waals surface area contributed by atoms with E-state index in [2.05, 4.69) is 5.32 Å². The number of carbonyl (C=O) groups is 2. The fourth-order valence-corrected chi connectivity index (χ4v) is 1.30. The molecule has 0 radical (unpaired) electrons. The highest BCUT2D eigenvalue weighted by atomic mass is 16.5. The van der Waals surface area contributed by atoms with Crippen molar-refractivity contribution >= 4 is 11.9 Å². The molecule has 18 heavy (non-hydrogen) atoms. The lowest BCUT2D eigenvalue weighted by molar-refractivity contribution is -0.137. The number of aliphatic carboxylic acids is 1. The number of carboxylic acid groups (broad SMARTS) is 1. The molecular weight excluding hydrogens is 238 g/mol. The van der Waals surface area contributed by atoms with Crippen LogP contribution in [-0.4, -0.2) is 50.5 Å². The Morgan fingerprint density at radius 1 is 1.06 bits per heavy atom. The van der Waals surface area contributed by atoms with Crippen molar-refractivity contribution in [2.75, 3.05) is 33.5 Å². The van der Waals surface area contributed by atoms with Gasteiger partial charge in [-0.2, -0.15) is 0 Å². The molecule has 0 aromatic rings. The molecule has 0 atom stereocenters. The molecule has 2 N–H and O–H groups in total. The molecule has 6 nitrogen and oxygen atoms in total. The van der Waals surface area contributed by atoms with Crippen molar-refractivity contribution in [2.45, 2.75) is 32.1 Å². The summed E-state index contributed by atoms with van der Waals surface area (Å²) in [5.41, 5.74) is 0. The van der Waals surface area contributed by atoms with Gasteiger partial charge in [0.1, 0.15) is 0 Å². The number of carboxylic acids is 1. The minimum atomic E-state index is -0.816. The summed E-state index contributed by atoms with van der Waals surface area (Å²) in [6.45, 7) is 2.34. The SMILES string of the molecule is COCCOCCCNC(=O)CCCCC(=O)O. The van der Waals surface area contributed by atoms with Gasteiger partial charge in [0.25, 0.3) is 0 Å². The molecule has 6 heteroatoms. The molecule has 106 valence electrons. The molecule has 0 aromatic carbocycles. The van der Waals surface area contributed by atoms with Gasteiger partial charge in [0.15, 0.2) is 0 Å². The zero-order valence-corrected chi connectivity index (χ0v) is 10.9. The molecule has 0 bridgehead atoms. The highest BCUT2D eigenvalue weighted by molar-refractivity contribution is 5.75. The lowest BCUT2D eigenvalue weighted by Crippen LogP contribution is -2.25. The van der Waals surface area contributed by atoms with Crippen LogP contribution in [0.15, 0.2) is 0 Å². The Morgan fingerprint density at radius 2 is 1.78 bits per heavy atom. The van der Waals surface area contributed by atoms with Crippen molar-refractivity contribution < 1.29 is 24.2 Å². The van der Waals surface area contributed by atoms with Crippen LogP contribution in [0.1, 0.15) is 32.1 Å². The average molecular weight is 261 g/mol. The van der Waals surface area contributed by atoms with E-state index in [0.717, 1.165) is 6.42 Å². The van der Waals surface area contributed by atoms with Gasteiger partial charge in [-0.3, -0.25) is 9.59 Å². The quantitative estimate of drug-likeness (QED) is 0.508. The fraction of sp³-hybridized carbons (Fsp3) is 0.833. The summed E-state index contributed by atoms with van der Waals surface area (Å²) in [5, 5.41) is 11.2. The van der Waals surface area contributed by atoms with Gasteiger partial charge in [-0.05, 0) is 19.3 Å². The van der Waals surface area contributed by atoms with E-state index in [4.69, 9.17) is 14.6 Å². The van der Waals surface area contributed by atoms with Gasteiger partial charge in [-0.1, -0.05) is 0 Å². The van der Waals surface area contributed by atoms with Crippen molar-refractivity contribution in [2.24, 2.45) is 0 Å². The van der Waals surface area contributed by atoms with Crippen LogP contribution in [0.5, 0.6) is 0 Å². The summed E-state index contributed by atoms with van der Waals surface area (Å²) in [4.78, 5) is 21.5. The van der Waals surface area contributed by atoms with Crippen LogP contribution in [0.2, 0.25) is 0 Å². The number of ether oxygens (including phenoxy) is 2. The molecule has 0 aliphatic carbocycles. The Kier molecular flexibility index (Phi) is 11.5. The number of hydrogen-bond donors (Lipinski definition) is 2. The van der Waals surface area contributed by atoms with Crippen molar-refractivity contribution in [1.29, 1.82) is 0 Å². The molecular formula is C12H23NO5. The van der Waals surface area contributed by atoms with Gasteiger partial charge in [0.05, 0.1) is 13.2 Å². The lowest BCUT2D eigenvalue weighted by Gasteiger charge is -2.05. The molecule has 0 saturated heterocycles. The molecule has 0 spiro atoms. The molecule has 0 aromatic heterocycles. The first-order chi connectivity index (χ1) is 8.66. The summed E-state index contributed by atoms with van der Waals surface area (Å²) >= 11 is 0. The zero-order chi connectivity index (χ0) is 13.6. The third-order valence-electron chi connectivity index (χ3n) is 2.26. The number of nitrogens with one attached hydrogen (secondary N) is 1. The number of amides is 1. The normalized spacial score (nSPS) is 10.3. The smallest absolute Gasteiger partial charge is 0.303 e. The number of unbranched alkanes of at least 4 members (excludes halogenated alkanes) is 1. The van der Waals surface area contributed by atoms with Crippen molar-refractivity contribution in [3.8, 4) is 0 Å². The second kappa shape index (κ2) is 12.3. The number of hydrogen-bond acceptors (Lipinski definition) is 4. The van der Waals surface area contributed by atoms with Gasteiger partial charge >= 0.3 is 5.97 Å². The van der Waals surface area contributed by atoms with Crippen molar-refractivity contribution in [1.82, 2.24) is 5.32 Å². The maximum Gasteiger partial charge on any atom is 0.303 e. The number of rotatable bonds is 12. The summed E-state index contributed by atoms with van der Waals surface area (Å²) in [7, 11) is 1.62. The Hall–Kier alpha value is -1.14. The lowest BCUT2D eigenvalue weighted by atomic mass is 10.2. The Bertz CT molecular complexity index is 233. The summed E-state index contributed by atoms with van der Waals surface area (Å²) in [5.74, 6) is -0.846. The Balaban J connectivity index is 3.19. The van der Waals surface area contributed by atoms with Gasteiger partial charge in [0.2, 0.25) is 5.91 Å². The zero-order valence-electron chi connectivity index (χ0n) is 10.9. The van der Waals surface area contributed by atoms with Crippen LogP contribution in [0.4, 0.5) is 0 Å². The molecule has 0 heterocycles. The minimum Gasteiger partial charge on any atom is -0.481 e. The first-order valence-corrected chi connectivity index (χ1v) is 6.22.